The van der Waals surface area contributed by atoms with Crippen LogP contribution in [0, 0.1) is 5.92 Å². The molecule has 0 spiro atoms. The Morgan fingerprint density at radius 3 is 2.25 bits per heavy atom. The van der Waals surface area contributed by atoms with Gasteiger partial charge in [0.05, 0.1) is 12.3 Å². The van der Waals surface area contributed by atoms with E-state index < -0.39 is 0 Å². The number of unbranched alkanes of at least 4 members (excludes halogenated alkanes) is 1. The second-order valence-electron chi connectivity index (χ2n) is 3.60. The number of hydrogen-bond donors (Lipinski definition) is 3. The first-order valence-corrected chi connectivity index (χ1v) is 4.85. The summed E-state index contributed by atoms with van der Waals surface area (Å²) < 4.78 is 0. The van der Waals surface area contributed by atoms with E-state index in [1.165, 1.54) is 19.3 Å². The van der Waals surface area contributed by atoms with E-state index in [0.29, 0.717) is 5.92 Å². The van der Waals surface area contributed by atoms with Crippen LogP contribution in [0.5, 0.6) is 0 Å². The summed E-state index contributed by atoms with van der Waals surface area (Å²) >= 11 is 0. The van der Waals surface area contributed by atoms with E-state index >= 15 is 0 Å². The Kier molecular flexibility index (Phi) is 6.34. The second kappa shape index (κ2) is 6.40. The van der Waals surface area contributed by atoms with Crippen LogP contribution < -0.4 is 16.8 Å². The second-order valence-corrected chi connectivity index (χ2v) is 3.60. The van der Waals surface area contributed by atoms with E-state index in [4.69, 9.17) is 11.5 Å². The number of rotatable bonds is 6. The van der Waals surface area contributed by atoms with Gasteiger partial charge in [0.15, 0.2) is 0 Å². The fourth-order valence-corrected chi connectivity index (χ4v) is 1.17. The average Bonchev–Trinajstić information content (AvgIpc) is 1.98. The Bertz CT molecular complexity index is 104. The summed E-state index contributed by atoms with van der Waals surface area (Å²) in [5.74, 6) is 0.510. The quantitative estimate of drug-likeness (QED) is 0.525. The highest BCUT2D eigenvalue weighted by Crippen LogP contribution is 2.09. The van der Waals surface area contributed by atoms with Gasteiger partial charge in [-0.15, -0.1) is 0 Å². The van der Waals surface area contributed by atoms with Crippen molar-refractivity contribution in [3.63, 3.8) is 0 Å². The summed E-state index contributed by atoms with van der Waals surface area (Å²) in [6.45, 7) is 6.26. The lowest BCUT2D eigenvalue weighted by Gasteiger charge is -2.23. The molecule has 0 aromatic heterocycles. The highest BCUT2D eigenvalue weighted by atomic mass is 15.1. The van der Waals surface area contributed by atoms with Gasteiger partial charge >= 0.3 is 0 Å². The Morgan fingerprint density at radius 2 is 1.83 bits per heavy atom. The van der Waals surface area contributed by atoms with Gasteiger partial charge in [0.25, 0.3) is 0 Å². The molecule has 3 atom stereocenters. The van der Waals surface area contributed by atoms with Gasteiger partial charge in [-0.1, -0.05) is 26.7 Å². The lowest BCUT2D eigenvalue weighted by molar-refractivity contribution is 0.332. The molecule has 0 aromatic carbocycles. The van der Waals surface area contributed by atoms with Crippen molar-refractivity contribution >= 4 is 0 Å². The lowest BCUT2D eigenvalue weighted by Crippen LogP contribution is -2.50. The van der Waals surface area contributed by atoms with Crippen molar-refractivity contribution in [1.29, 1.82) is 0 Å². The van der Waals surface area contributed by atoms with E-state index in [-0.39, 0.29) is 12.3 Å². The molecule has 0 rings (SSSR count). The Labute approximate surface area is 75.9 Å². The fourth-order valence-electron chi connectivity index (χ4n) is 1.17. The summed E-state index contributed by atoms with van der Waals surface area (Å²) in [6.07, 6.45) is 3.68. The molecule has 74 valence electrons. The number of nitrogens with one attached hydrogen (secondary N) is 1. The highest BCUT2D eigenvalue weighted by molar-refractivity contribution is 4.68. The minimum Gasteiger partial charge on any atom is -0.316 e. The highest BCUT2D eigenvalue weighted by Gasteiger charge is 2.12. The van der Waals surface area contributed by atoms with Crippen molar-refractivity contribution in [3.05, 3.63) is 0 Å². The monoisotopic (exact) mass is 173 g/mol. The Hall–Kier alpha value is -0.120. The minimum atomic E-state index is -0.0101. The Morgan fingerprint density at radius 1 is 1.25 bits per heavy atom. The molecule has 0 bridgehead atoms. The van der Waals surface area contributed by atoms with Gasteiger partial charge < -0.3 is 11.5 Å². The zero-order valence-electron chi connectivity index (χ0n) is 8.51. The van der Waals surface area contributed by atoms with Crippen molar-refractivity contribution in [2.75, 3.05) is 0 Å². The predicted octanol–water partition coefficient (Wildman–Crippen LogP) is 0.992. The third-order valence-corrected chi connectivity index (χ3v) is 2.08. The first-order valence-electron chi connectivity index (χ1n) is 4.85. The van der Waals surface area contributed by atoms with Crippen LogP contribution in [0.25, 0.3) is 0 Å². The van der Waals surface area contributed by atoms with E-state index in [9.17, 15) is 0 Å². The summed E-state index contributed by atoms with van der Waals surface area (Å²) in [5.41, 5.74) is 11.4. The minimum absolute atomic E-state index is 0.0101. The standard InChI is InChI=1S/C9H23N3/c1-4-5-6-7(2)9(11)12-8(3)10/h7-9,12H,4-6,10-11H2,1-3H3. The molecule has 3 unspecified atom stereocenters. The fraction of sp³-hybridized carbons (Fsp3) is 1.00. The van der Waals surface area contributed by atoms with Gasteiger partial charge in [-0.25, -0.2) is 0 Å². The lowest BCUT2D eigenvalue weighted by atomic mass is 10.0. The van der Waals surface area contributed by atoms with Crippen molar-refractivity contribution in [1.82, 2.24) is 5.32 Å². The first kappa shape index (κ1) is 11.9. The van der Waals surface area contributed by atoms with Gasteiger partial charge in [0.2, 0.25) is 0 Å². The molecule has 0 amide bonds. The van der Waals surface area contributed by atoms with Gasteiger partial charge in [-0.05, 0) is 19.3 Å². The smallest absolute Gasteiger partial charge is 0.0584 e. The van der Waals surface area contributed by atoms with Crippen LogP contribution in [0.3, 0.4) is 0 Å². The summed E-state index contributed by atoms with van der Waals surface area (Å²) in [5, 5.41) is 3.11. The van der Waals surface area contributed by atoms with Crippen LogP contribution in [0.15, 0.2) is 0 Å². The van der Waals surface area contributed by atoms with Crippen molar-refractivity contribution < 1.29 is 0 Å². The van der Waals surface area contributed by atoms with E-state index in [2.05, 4.69) is 19.2 Å². The molecule has 0 aliphatic carbocycles. The number of nitrogens with two attached hydrogens (primary N) is 2. The maximum absolute atomic E-state index is 5.87. The van der Waals surface area contributed by atoms with E-state index in [1.54, 1.807) is 0 Å². The van der Waals surface area contributed by atoms with Crippen molar-refractivity contribution in [2.24, 2.45) is 17.4 Å². The average molecular weight is 173 g/mol. The van der Waals surface area contributed by atoms with Crippen LogP contribution >= 0.6 is 0 Å². The van der Waals surface area contributed by atoms with Crippen LogP contribution in [-0.4, -0.2) is 12.3 Å². The molecule has 0 fully saturated rings. The van der Waals surface area contributed by atoms with Gasteiger partial charge in [0, 0.05) is 0 Å². The normalized spacial score (nSPS) is 18.8. The van der Waals surface area contributed by atoms with Gasteiger partial charge in [-0.2, -0.15) is 0 Å². The molecule has 0 saturated heterocycles. The zero-order valence-corrected chi connectivity index (χ0v) is 8.51. The molecule has 0 radical (unpaired) electrons. The molecular formula is C9H23N3. The van der Waals surface area contributed by atoms with E-state index in [1.807, 2.05) is 6.92 Å². The molecule has 0 aromatic rings. The molecule has 12 heavy (non-hydrogen) atoms. The van der Waals surface area contributed by atoms with Crippen molar-refractivity contribution in [3.8, 4) is 0 Å². The maximum atomic E-state index is 5.87. The van der Waals surface area contributed by atoms with Gasteiger partial charge in [-0.3, -0.25) is 5.32 Å². The molecule has 3 nitrogen and oxygen atoms in total. The molecule has 5 N–H and O–H groups in total. The third kappa shape index (κ3) is 5.52. The Balaban J connectivity index is 3.53. The van der Waals surface area contributed by atoms with Crippen LogP contribution in [0.2, 0.25) is 0 Å². The number of hydrogen-bond acceptors (Lipinski definition) is 3. The first-order chi connectivity index (χ1) is 5.57. The van der Waals surface area contributed by atoms with Crippen LogP contribution in [0.4, 0.5) is 0 Å². The molecule has 0 aliphatic heterocycles. The van der Waals surface area contributed by atoms with Crippen LogP contribution in [-0.2, 0) is 0 Å². The molecular weight excluding hydrogens is 150 g/mol. The summed E-state index contributed by atoms with van der Waals surface area (Å²) in [6, 6.07) is 0. The maximum Gasteiger partial charge on any atom is 0.0584 e. The zero-order chi connectivity index (χ0) is 9.56. The van der Waals surface area contributed by atoms with E-state index in [0.717, 1.165) is 0 Å². The summed E-state index contributed by atoms with van der Waals surface area (Å²) in [4.78, 5) is 0. The molecule has 3 heteroatoms. The molecule has 0 saturated carbocycles. The topological polar surface area (TPSA) is 64.1 Å². The SMILES string of the molecule is CCCCC(C)C(N)NC(C)N. The summed E-state index contributed by atoms with van der Waals surface area (Å²) in [7, 11) is 0. The molecule has 0 aliphatic rings. The molecule has 0 heterocycles. The van der Waals surface area contributed by atoms with Crippen LogP contribution in [0.1, 0.15) is 40.0 Å². The third-order valence-electron chi connectivity index (χ3n) is 2.08. The van der Waals surface area contributed by atoms with Crippen molar-refractivity contribution in [2.45, 2.75) is 52.4 Å². The van der Waals surface area contributed by atoms with Gasteiger partial charge in [0.1, 0.15) is 0 Å². The largest absolute Gasteiger partial charge is 0.316 e. The predicted molar refractivity (Wildman–Crippen MR) is 53.4 cm³/mol.